The number of cyclic esters (lactones) is 1. The van der Waals surface area contributed by atoms with Crippen molar-refractivity contribution >= 4 is 48.9 Å². The van der Waals surface area contributed by atoms with Crippen LogP contribution in [0.2, 0.25) is 0 Å². The summed E-state index contributed by atoms with van der Waals surface area (Å²) in [6.07, 6.45) is 8.20. The van der Waals surface area contributed by atoms with E-state index in [0.29, 0.717) is 62.5 Å². The summed E-state index contributed by atoms with van der Waals surface area (Å²) in [5, 5.41) is 43.3. The van der Waals surface area contributed by atoms with E-state index in [2.05, 4.69) is 0 Å². The minimum absolute atomic E-state index is 0.00569. The molecule has 0 aromatic heterocycles. The normalized spacial score (nSPS) is 36.4. The Bertz CT molecular complexity index is 2350. The third-order valence-corrected chi connectivity index (χ3v) is 19.5. The Balaban J connectivity index is 1.72. The highest BCUT2D eigenvalue weighted by Crippen LogP contribution is 2.38. The summed E-state index contributed by atoms with van der Waals surface area (Å²) in [4.78, 5) is 72.6. The van der Waals surface area contributed by atoms with Gasteiger partial charge in [0.2, 0.25) is 5.79 Å². The van der Waals surface area contributed by atoms with Gasteiger partial charge in [-0.15, -0.1) is 0 Å². The number of fused-ring (bicyclic) bond motifs is 3. The van der Waals surface area contributed by atoms with Crippen LogP contribution in [0.1, 0.15) is 126 Å². The monoisotopic (exact) mass is 1130 g/mol. The number of amides is 1. The molecule has 0 radical (unpaired) electrons. The zero-order chi connectivity index (χ0) is 57.4. The van der Waals surface area contributed by atoms with E-state index in [-0.39, 0.29) is 68.3 Å². The summed E-state index contributed by atoms with van der Waals surface area (Å²) >= 11 is 0. The predicted octanol–water partition coefficient (Wildman–Crippen LogP) is 4.37. The van der Waals surface area contributed by atoms with Gasteiger partial charge in [-0.2, -0.15) is 0 Å². The van der Waals surface area contributed by atoms with Crippen LogP contribution in [0.5, 0.6) is 0 Å². The van der Waals surface area contributed by atoms with Crippen molar-refractivity contribution in [2.24, 2.45) is 35.5 Å². The molecule has 1 aliphatic carbocycles. The van der Waals surface area contributed by atoms with E-state index < -0.39 is 139 Å². The van der Waals surface area contributed by atoms with Gasteiger partial charge < -0.3 is 49.0 Å². The molecule has 19 nitrogen and oxygen atoms in total. The van der Waals surface area contributed by atoms with Crippen LogP contribution < -0.4 is 0 Å². The van der Waals surface area contributed by atoms with Crippen molar-refractivity contribution in [2.75, 3.05) is 57.0 Å². The van der Waals surface area contributed by atoms with Gasteiger partial charge >= 0.3 is 5.97 Å². The summed E-state index contributed by atoms with van der Waals surface area (Å²) in [5.74, 6) is -11.6. The van der Waals surface area contributed by atoms with Crippen LogP contribution in [-0.2, 0) is 67.3 Å². The molecule has 2 saturated heterocycles. The number of allylic oxidation sites excluding steroid dienone is 6. The van der Waals surface area contributed by atoms with Gasteiger partial charge in [-0.3, -0.25) is 19.2 Å². The first-order valence-corrected chi connectivity index (χ1v) is 31.1. The predicted molar refractivity (Wildman–Crippen MR) is 288 cm³/mol. The van der Waals surface area contributed by atoms with Crippen molar-refractivity contribution in [3.05, 3.63) is 47.6 Å². The fourth-order valence-electron chi connectivity index (χ4n) is 10.9. The van der Waals surface area contributed by atoms with E-state index >= 15 is 0 Å². The highest BCUT2D eigenvalue weighted by atomic mass is 32.2. The van der Waals surface area contributed by atoms with Gasteiger partial charge in [0.15, 0.2) is 25.5 Å². The lowest BCUT2D eigenvalue weighted by Crippen LogP contribution is -2.61. The van der Waals surface area contributed by atoms with Crippen LogP contribution in [-0.4, -0.2) is 183 Å². The van der Waals surface area contributed by atoms with Crippen molar-refractivity contribution in [2.45, 2.75) is 180 Å². The second kappa shape index (κ2) is 30.3. The van der Waals surface area contributed by atoms with Crippen LogP contribution >= 0.6 is 0 Å². The van der Waals surface area contributed by atoms with Gasteiger partial charge in [0.05, 0.1) is 60.6 Å². The molecule has 1 amide bonds. The van der Waals surface area contributed by atoms with Crippen LogP contribution in [0.3, 0.4) is 0 Å². The van der Waals surface area contributed by atoms with E-state index in [1.54, 1.807) is 65.0 Å². The van der Waals surface area contributed by atoms with Crippen LogP contribution in [0.4, 0.5) is 0 Å². The molecule has 0 spiro atoms. The molecule has 3 fully saturated rings. The number of ketones is 3. The zero-order valence-corrected chi connectivity index (χ0v) is 48.4. The number of piperidine rings is 1. The molecule has 1 saturated carbocycles. The number of rotatable bonds is 14. The Hall–Kier alpha value is -3.51. The van der Waals surface area contributed by atoms with E-state index in [1.165, 1.54) is 14.2 Å². The summed E-state index contributed by atoms with van der Waals surface area (Å²) in [5.41, 5.74) is 0.938. The average Bonchev–Trinajstić information content (AvgIpc) is 3.39. The standard InChI is InChI=1S/C56H89NO18S2/c1-35-15-11-10-12-16-36(2)47(73-24-26-77(69,70)28-27-76(67,68)25-23-58)33-43-20-18-41(7)56(66,75-43)53(63)54(64)57-22-14-13-17-44(57)55(65)74-48(38(4)31-42-19-21-45(59)49(32-42)71-8)34-46(60)37(3)30-40(6)51(62)52(72-9)50(61)39(5)29-35/h10-12,15-16,30,35,37-39,41-45,47-49,51-52,58-59,62,66H,13-14,17-29,31-34H2,1-9H3/b12-10+,15-11+,36-16+,40-30+/t35-,37-,38-,39-,41-,42+,43+,44+,45-,47?,48+,49-,51-,52+,56-/m1/s1. The smallest absolute Gasteiger partial charge is 0.329 e. The SMILES string of the molecule is CO[C@@H]1C[C@H](C[C@@H](C)[C@@H]2CC(=O)[C@H](C)/C=C(\C)[C@@H](O)[C@@H](OC)C(=O)[C@H](C)C[C@H](C)/C=C/C=C/C=C(\C)C(OCCS(=O)(=O)CCS(=O)(=O)CCO)C[C@@H]3CC[C@@H](C)[C@@](O)(O3)C(=O)C(=O)N3CCCC[C@H]3C(=O)O2)CC[C@H]1O. The molecule has 2 bridgehead atoms. The Morgan fingerprint density at radius 1 is 0.818 bits per heavy atom. The summed E-state index contributed by atoms with van der Waals surface area (Å²) in [6, 6.07) is -1.25. The lowest BCUT2D eigenvalue weighted by Gasteiger charge is -2.43. The van der Waals surface area contributed by atoms with Crippen molar-refractivity contribution in [1.82, 2.24) is 4.90 Å². The van der Waals surface area contributed by atoms with E-state index in [0.717, 1.165) is 4.90 Å². The van der Waals surface area contributed by atoms with E-state index in [9.17, 15) is 56.1 Å². The first kappa shape index (κ1) is 66.0. The average molecular weight is 1130 g/mol. The minimum Gasteiger partial charge on any atom is -0.460 e. The molecule has 4 N–H and O–H groups in total. The number of esters is 1. The fraction of sp³-hybridized carbons (Fsp3) is 0.768. The number of hydrogen-bond acceptors (Lipinski definition) is 18. The third kappa shape index (κ3) is 19.3. The Kier molecular flexibility index (Phi) is 26.0. The van der Waals surface area contributed by atoms with Gasteiger partial charge in [0.1, 0.15) is 30.1 Å². The largest absolute Gasteiger partial charge is 0.460 e. The number of aliphatic hydroxyl groups is 4. The maximum atomic E-state index is 14.5. The highest BCUT2D eigenvalue weighted by Gasteiger charge is 2.53. The molecule has 77 heavy (non-hydrogen) atoms. The number of methoxy groups -OCH3 is 2. The van der Waals surface area contributed by atoms with Crippen LogP contribution in [0, 0.1) is 35.5 Å². The van der Waals surface area contributed by atoms with Gasteiger partial charge in [-0.1, -0.05) is 71.1 Å². The first-order chi connectivity index (χ1) is 36.2. The molecule has 21 heteroatoms. The number of carbonyl (C=O) groups is 5. The maximum absolute atomic E-state index is 14.5. The molecule has 0 aromatic rings. The number of nitrogens with zero attached hydrogens (tertiary/aromatic N) is 1. The number of aliphatic hydroxyl groups excluding tert-OH is 3. The van der Waals surface area contributed by atoms with Gasteiger partial charge in [-0.05, 0) is 107 Å². The quantitative estimate of drug-likeness (QED) is 0.107. The molecule has 4 rings (SSSR count). The third-order valence-electron chi connectivity index (χ3n) is 16.0. The Morgan fingerprint density at radius 3 is 2.17 bits per heavy atom. The van der Waals surface area contributed by atoms with Gasteiger partial charge in [0, 0.05) is 51.4 Å². The second-order valence-corrected chi connectivity index (χ2v) is 26.9. The van der Waals surface area contributed by atoms with E-state index in [4.69, 9.17) is 28.8 Å². The molecule has 15 atom stereocenters. The lowest BCUT2D eigenvalue weighted by atomic mass is 9.78. The van der Waals surface area contributed by atoms with Crippen LogP contribution in [0.15, 0.2) is 47.6 Å². The molecule has 4 aliphatic rings. The summed E-state index contributed by atoms with van der Waals surface area (Å²) < 4.78 is 80.0. The second-order valence-electron chi connectivity index (χ2n) is 22.3. The molecule has 438 valence electrons. The van der Waals surface area contributed by atoms with Crippen molar-refractivity contribution < 1.29 is 84.9 Å². The molecule has 0 aromatic carbocycles. The molecular formula is C56H89NO18S2. The lowest BCUT2D eigenvalue weighted by molar-refractivity contribution is -0.266. The zero-order valence-electron chi connectivity index (χ0n) is 46.8. The molecule has 3 heterocycles. The van der Waals surface area contributed by atoms with Crippen molar-refractivity contribution in [1.29, 1.82) is 0 Å². The Labute approximate surface area is 457 Å². The molecule has 3 aliphatic heterocycles. The summed E-state index contributed by atoms with van der Waals surface area (Å²) in [7, 11) is -4.86. The topological polar surface area (TPSA) is 284 Å². The minimum atomic E-state index is -3.93. The Morgan fingerprint density at radius 2 is 1.51 bits per heavy atom. The van der Waals surface area contributed by atoms with Crippen molar-refractivity contribution in [3.63, 3.8) is 0 Å². The number of hydrogen-bond donors (Lipinski definition) is 4. The number of Topliss-reactive ketones (excluding diaryl/α,β-unsaturated/α-hetero) is 3. The fourth-order valence-corrected chi connectivity index (χ4v) is 14.0. The number of ether oxygens (including phenoxy) is 5. The van der Waals surface area contributed by atoms with E-state index in [1.807, 2.05) is 19.9 Å². The van der Waals surface area contributed by atoms with Gasteiger partial charge in [-0.25, -0.2) is 21.6 Å². The number of carbonyl (C=O) groups excluding carboxylic acids is 5. The highest BCUT2D eigenvalue weighted by molar-refractivity contribution is 7.95. The first-order valence-electron chi connectivity index (χ1n) is 27.4. The number of sulfone groups is 2. The van der Waals surface area contributed by atoms with Crippen LogP contribution in [0.25, 0.3) is 0 Å². The van der Waals surface area contributed by atoms with Crippen molar-refractivity contribution in [3.8, 4) is 0 Å². The summed E-state index contributed by atoms with van der Waals surface area (Å²) in [6.45, 7) is 11.1. The van der Waals surface area contributed by atoms with Gasteiger partial charge in [0.25, 0.3) is 11.7 Å². The molecule has 1 unspecified atom stereocenters. The molecular weight excluding hydrogens is 1040 g/mol. The maximum Gasteiger partial charge on any atom is 0.329 e.